The van der Waals surface area contributed by atoms with Crippen LogP contribution in [-0.4, -0.2) is 89.6 Å². The number of rotatable bonds is 5. The first kappa shape index (κ1) is 22.3. The third-order valence-corrected chi connectivity index (χ3v) is 5.97. The maximum absolute atomic E-state index is 12.7. The van der Waals surface area contributed by atoms with E-state index < -0.39 is 0 Å². The lowest BCUT2D eigenvalue weighted by Crippen LogP contribution is -2.53. The molecule has 0 radical (unpaired) electrons. The largest absolute Gasteiger partial charge is 0.450 e. The SMILES string of the molecule is CCOC(=O)N1CCN(C(=O)CN2CCc3nc(NC(=O)NC(C)C)sc3C2)CC1. The molecule has 1 saturated heterocycles. The first-order chi connectivity index (χ1) is 14.4. The van der Waals surface area contributed by atoms with Gasteiger partial charge in [0.1, 0.15) is 0 Å². The highest BCUT2D eigenvalue weighted by atomic mass is 32.1. The molecule has 0 spiro atoms. The van der Waals surface area contributed by atoms with Crippen molar-refractivity contribution in [2.24, 2.45) is 0 Å². The van der Waals surface area contributed by atoms with Crippen molar-refractivity contribution in [2.75, 3.05) is 51.2 Å². The number of nitrogens with one attached hydrogen (secondary N) is 2. The van der Waals surface area contributed by atoms with Crippen molar-refractivity contribution in [2.45, 2.75) is 39.8 Å². The summed E-state index contributed by atoms with van der Waals surface area (Å²) in [4.78, 5) is 47.5. The Hall–Kier alpha value is -2.40. The Morgan fingerprint density at radius 3 is 2.50 bits per heavy atom. The summed E-state index contributed by atoms with van der Waals surface area (Å²) >= 11 is 1.46. The smallest absolute Gasteiger partial charge is 0.409 e. The number of hydrogen-bond donors (Lipinski definition) is 2. The van der Waals surface area contributed by atoms with Crippen LogP contribution in [0.5, 0.6) is 0 Å². The van der Waals surface area contributed by atoms with Gasteiger partial charge in [-0.15, -0.1) is 11.3 Å². The molecule has 0 aromatic carbocycles. The van der Waals surface area contributed by atoms with E-state index in [-0.39, 0.29) is 24.1 Å². The molecule has 2 aliphatic rings. The molecule has 0 unspecified atom stereocenters. The lowest BCUT2D eigenvalue weighted by molar-refractivity contribution is -0.134. The zero-order valence-electron chi connectivity index (χ0n) is 17.8. The lowest BCUT2D eigenvalue weighted by Gasteiger charge is -2.35. The van der Waals surface area contributed by atoms with Crippen molar-refractivity contribution in [1.82, 2.24) is 25.0 Å². The highest BCUT2D eigenvalue weighted by molar-refractivity contribution is 7.15. The van der Waals surface area contributed by atoms with Gasteiger partial charge in [0.2, 0.25) is 5.91 Å². The Morgan fingerprint density at radius 2 is 1.83 bits per heavy atom. The van der Waals surface area contributed by atoms with E-state index in [1.54, 1.807) is 16.7 Å². The maximum Gasteiger partial charge on any atom is 0.409 e. The van der Waals surface area contributed by atoms with Crippen LogP contribution in [0.1, 0.15) is 31.3 Å². The summed E-state index contributed by atoms with van der Waals surface area (Å²) in [5.41, 5.74) is 0.992. The molecule has 166 valence electrons. The number of nitrogens with zero attached hydrogens (tertiary/aromatic N) is 4. The Kier molecular flexibility index (Phi) is 7.48. The van der Waals surface area contributed by atoms with Gasteiger partial charge in [-0.25, -0.2) is 14.6 Å². The van der Waals surface area contributed by atoms with E-state index in [2.05, 4.69) is 20.5 Å². The molecule has 0 bridgehead atoms. The molecule has 11 heteroatoms. The Morgan fingerprint density at radius 1 is 1.13 bits per heavy atom. The van der Waals surface area contributed by atoms with Crippen LogP contribution < -0.4 is 10.6 Å². The summed E-state index contributed by atoms with van der Waals surface area (Å²) in [7, 11) is 0. The average Bonchev–Trinajstić information content (AvgIpc) is 3.08. The first-order valence-electron chi connectivity index (χ1n) is 10.3. The first-order valence-corrected chi connectivity index (χ1v) is 11.1. The van der Waals surface area contributed by atoms with E-state index in [0.29, 0.717) is 51.0 Å². The van der Waals surface area contributed by atoms with E-state index in [4.69, 9.17) is 4.74 Å². The minimum Gasteiger partial charge on any atom is -0.450 e. The van der Waals surface area contributed by atoms with Gasteiger partial charge in [0.25, 0.3) is 0 Å². The van der Waals surface area contributed by atoms with Crippen LogP contribution >= 0.6 is 11.3 Å². The molecule has 1 aromatic rings. The maximum atomic E-state index is 12.7. The molecule has 1 fully saturated rings. The number of ether oxygens (including phenoxy) is 1. The molecule has 10 nitrogen and oxygen atoms in total. The summed E-state index contributed by atoms with van der Waals surface area (Å²) in [5.74, 6) is 0.0705. The summed E-state index contributed by atoms with van der Waals surface area (Å²) in [6.07, 6.45) is 0.438. The molecule has 3 heterocycles. The molecular formula is C19H30N6O4S. The van der Waals surface area contributed by atoms with Gasteiger partial charge in [0, 0.05) is 56.6 Å². The van der Waals surface area contributed by atoms with Gasteiger partial charge in [-0.3, -0.25) is 15.0 Å². The molecule has 2 N–H and O–H groups in total. The molecule has 0 aliphatic carbocycles. The van der Waals surface area contributed by atoms with Gasteiger partial charge >= 0.3 is 12.1 Å². The molecule has 30 heavy (non-hydrogen) atoms. The monoisotopic (exact) mass is 438 g/mol. The third kappa shape index (κ3) is 5.82. The third-order valence-electron chi connectivity index (χ3n) is 4.97. The van der Waals surface area contributed by atoms with Crippen LogP contribution in [0.2, 0.25) is 0 Å². The van der Waals surface area contributed by atoms with Gasteiger partial charge in [0.15, 0.2) is 5.13 Å². The topological polar surface area (TPSA) is 107 Å². The average molecular weight is 439 g/mol. The molecule has 3 rings (SSSR count). The van der Waals surface area contributed by atoms with Crippen LogP contribution in [0.25, 0.3) is 0 Å². The molecular weight excluding hydrogens is 408 g/mol. The van der Waals surface area contributed by atoms with Gasteiger partial charge in [-0.2, -0.15) is 0 Å². The molecule has 4 amide bonds. The van der Waals surface area contributed by atoms with Crippen LogP contribution in [0.15, 0.2) is 0 Å². The molecule has 0 atom stereocenters. The van der Waals surface area contributed by atoms with E-state index in [1.165, 1.54) is 11.3 Å². The van der Waals surface area contributed by atoms with E-state index in [0.717, 1.165) is 23.5 Å². The van der Waals surface area contributed by atoms with Crippen molar-refractivity contribution in [3.8, 4) is 0 Å². The summed E-state index contributed by atoms with van der Waals surface area (Å²) < 4.78 is 5.02. The predicted molar refractivity (Wildman–Crippen MR) is 114 cm³/mol. The van der Waals surface area contributed by atoms with Gasteiger partial charge in [0.05, 0.1) is 18.8 Å². The van der Waals surface area contributed by atoms with Crippen LogP contribution in [0, 0.1) is 0 Å². The Balaban J connectivity index is 1.47. The predicted octanol–water partition coefficient (Wildman–Crippen LogP) is 1.33. The number of urea groups is 1. The number of anilines is 1. The van der Waals surface area contributed by atoms with Crippen molar-refractivity contribution in [1.29, 1.82) is 0 Å². The molecule has 2 aliphatic heterocycles. The molecule has 1 aromatic heterocycles. The number of aromatic nitrogens is 1. The normalized spacial score (nSPS) is 16.9. The summed E-state index contributed by atoms with van der Waals surface area (Å²) in [5, 5.41) is 6.15. The lowest BCUT2D eigenvalue weighted by atomic mass is 10.2. The van der Waals surface area contributed by atoms with Crippen molar-refractivity contribution in [3.05, 3.63) is 10.6 Å². The van der Waals surface area contributed by atoms with Gasteiger partial charge in [-0.1, -0.05) is 0 Å². The quantitative estimate of drug-likeness (QED) is 0.718. The number of carbonyl (C=O) groups is 3. The Labute approximate surface area is 180 Å². The number of amides is 4. The minimum atomic E-state index is -0.315. The van der Waals surface area contributed by atoms with Crippen molar-refractivity contribution < 1.29 is 19.1 Å². The zero-order valence-corrected chi connectivity index (χ0v) is 18.6. The standard InChI is InChI=1S/C19H30N6O4S/c1-4-29-19(28)25-9-7-24(8-10-25)16(26)12-23-6-5-14-15(11-23)30-18(21-14)22-17(27)20-13(2)3/h13H,4-12H2,1-3H3,(H2,20,21,22,27). The number of hydrogen-bond acceptors (Lipinski definition) is 7. The number of thiazole rings is 1. The van der Waals surface area contributed by atoms with E-state index in [1.807, 2.05) is 13.8 Å². The Bertz CT molecular complexity index is 775. The van der Waals surface area contributed by atoms with Crippen molar-refractivity contribution in [3.63, 3.8) is 0 Å². The van der Waals surface area contributed by atoms with E-state index in [9.17, 15) is 14.4 Å². The van der Waals surface area contributed by atoms with Crippen LogP contribution in [0.3, 0.4) is 0 Å². The summed E-state index contributed by atoms with van der Waals surface area (Å²) in [6.45, 7) is 9.72. The van der Waals surface area contributed by atoms with Crippen LogP contribution in [0.4, 0.5) is 14.7 Å². The molecule has 0 saturated carbocycles. The number of carbonyl (C=O) groups excluding carboxylic acids is 3. The second-order valence-corrected chi connectivity index (χ2v) is 8.75. The van der Waals surface area contributed by atoms with Gasteiger partial charge < -0.3 is 19.9 Å². The minimum absolute atomic E-state index is 0.0558. The fourth-order valence-electron chi connectivity index (χ4n) is 3.48. The number of piperazine rings is 1. The fourth-order valence-corrected chi connectivity index (χ4v) is 4.52. The van der Waals surface area contributed by atoms with Gasteiger partial charge in [-0.05, 0) is 20.8 Å². The van der Waals surface area contributed by atoms with E-state index >= 15 is 0 Å². The highest BCUT2D eigenvalue weighted by Gasteiger charge is 2.28. The second kappa shape index (κ2) is 10.1. The highest BCUT2D eigenvalue weighted by Crippen LogP contribution is 2.28. The zero-order chi connectivity index (χ0) is 21.7. The van der Waals surface area contributed by atoms with Crippen molar-refractivity contribution >= 4 is 34.5 Å². The summed E-state index contributed by atoms with van der Waals surface area (Å²) in [6, 6.07) is -0.203. The second-order valence-electron chi connectivity index (χ2n) is 7.67. The van der Waals surface area contributed by atoms with Crippen LogP contribution in [-0.2, 0) is 22.5 Å². The number of fused-ring (bicyclic) bond motifs is 1. The fraction of sp³-hybridized carbons (Fsp3) is 0.684.